The third-order valence-electron chi connectivity index (χ3n) is 2.72. The lowest BCUT2D eigenvalue weighted by molar-refractivity contribution is 0.00572. The zero-order valence-electron chi connectivity index (χ0n) is 9.17. The van der Waals surface area contributed by atoms with E-state index in [4.69, 9.17) is 4.74 Å². The predicted molar refractivity (Wildman–Crippen MR) is 64.1 cm³/mol. The Labute approximate surface area is 96.1 Å². The number of ether oxygens (including phenoxy) is 1. The van der Waals surface area contributed by atoms with Crippen LogP contribution in [0.1, 0.15) is 32.6 Å². The molecule has 0 N–H and O–H groups in total. The Morgan fingerprint density at radius 2 is 2.29 bits per heavy atom. The monoisotopic (exact) mass is 263 g/mol. The minimum atomic E-state index is 0.498. The fourth-order valence-electron chi connectivity index (χ4n) is 2.02. The smallest absolute Gasteiger partial charge is 0.0702 e. The van der Waals surface area contributed by atoms with Crippen LogP contribution in [0, 0.1) is 0 Å². The van der Waals surface area contributed by atoms with E-state index < -0.39 is 0 Å². The zero-order valence-corrected chi connectivity index (χ0v) is 10.8. The molecule has 0 spiro atoms. The van der Waals surface area contributed by atoms with Gasteiger partial charge in [0, 0.05) is 18.5 Å². The lowest BCUT2D eigenvalue weighted by atomic mass is 10.1. The summed E-state index contributed by atoms with van der Waals surface area (Å²) in [6.07, 6.45) is 5.65. The second-order valence-electron chi connectivity index (χ2n) is 3.92. The Balaban J connectivity index is 2.12. The molecule has 0 saturated carbocycles. The van der Waals surface area contributed by atoms with E-state index in [1.165, 1.54) is 38.8 Å². The van der Waals surface area contributed by atoms with Crippen LogP contribution in [0.15, 0.2) is 0 Å². The highest BCUT2D eigenvalue weighted by Crippen LogP contribution is 2.13. The first-order valence-electron chi connectivity index (χ1n) is 5.76. The number of likely N-dealkylation sites (tertiary alicyclic amines) is 1. The minimum Gasteiger partial charge on any atom is -0.377 e. The summed E-state index contributed by atoms with van der Waals surface area (Å²) in [7, 11) is 0. The lowest BCUT2D eigenvalue weighted by Crippen LogP contribution is -2.40. The van der Waals surface area contributed by atoms with Crippen LogP contribution in [-0.2, 0) is 4.74 Å². The SMILES string of the molecule is CCOC1CCCN(CCCCBr)C1. The maximum absolute atomic E-state index is 5.67. The summed E-state index contributed by atoms with van der Waals surface area (Å²) in [6.45, 7) is 6.61. The molecule has 3 heteroatoms. The summed E-state index contributed by atoms with van der Waals surface area (Å²) in [5.41, 5.74) is 0. The van der Waals surface area contributed by atoms with Gasteiger partial charge in [-0.3, -0.25) is 0 Å². The van der Waals surface area contributed by atoms with Crippen molar-refractivity contribution in [1.29, 1.82) is 0 Å². The van der Waals surface area contributed by atoms with Crippen LogP contribution in [0.4, 0.5) is 0 Å². The van der Waals surface area contributed by atoms with E-state index in [-0.39, 0.29) is 0 Å². The van der Waals surface area contributed by atoms with Crippen molar-refractivity contribution in [2.75, 3.05) is 31.6 Å². The molecule has 0 radical (unpaired) electrons. The topological polar surface area (TPSA) is 12.5 Å². The van der Waals surface area contributed by atoms with Crippen molar-refractivity contribution in [2.45, 2.75) is 38.7 Å². The number of nitrogens with zero attached hydrogens (tertiary/aromatic N) is 1. The molecular weight excluding hydrogens is 242 g/mol. The summed E-state index contributed by atoms with van der Waals surface area (Å²) in [5, 5.41) is 1.13. The van der Waals surface area contributed by atoms with Gasteiger partial charge in [0.05, 0.1) is 6.10 Å². The highest BCUT2D eigenvalue weighted by atomic mass is 79.9. The molecule has 1 aliphatic heterocycles. The molecule has 1 atom stereocenters. The van der Waals surface area contributed by atoms with Crippen LogP contribution >= 0.6 is 15.9 Å². The van der Waals surface area contributed by atoms with E-state index in [0.29, 0.717) is 6.10 Å². The van der Waals surface area contributed by atoms with Crippen LogP contribution in [0.3, 0.4) is 0 Å². The van der Waals surface area contributed by atoms with E-state index in [1.54, 1.807) is 0 Å². The van der Waals surface area contributed by atoms with E-state index in [1.807, 2.05) is 0 Å². The molecule has 0 amide bonds. The van der Waals surface area contributed by atoms with Gasteiger partial charge in [-0.25, -0.2) is 0 Å². The van der Waals surface area contributed by atoms with Crippen molar-refractivity contribution < 1.29 is 4.74 Å². The highest BCUT2D eigenvalue weighted by Gasteiger charge is 2.18. The molecule has 1 unspecified atom stereocenters. The molecule has 1 fully saturated rings. The standard InChI is InChI=1S/C11H22BrNO/c1-2-14-11-6-5-9-13(10-11)8-4-3-7-12/h11H,2-10H2,1H3. The quantitative estimate of drug-likeness (QED) is 0.540. The average Bonchev–Trinajstić information content (AvgIpc) is 2.19. The molecule has 0 aromatic rings. The number of halogens is 1. The first kappa shape index (κ1) is 12.5. The first-order chi connectivity index (χ1) is 6.86. The molecular formula is C11H22BrNO. The van der Waals surface area contributed by atoms with Crippen molar-refractivity contribution in [3.05, 3.63) is 0 Å². The molecule has 0 aromatic heterocycles. The van der Waals surface area contributed by atoms with Crippen LogP contribution in [0.2, 0.25) is 0 Å². The number of piperidine rings is 1. The Hall–Kier alpha value is 0.400. The van der Waals surface area contributed by atoms with Crippen LogP contribution in [0.25, 0.3) is 0 Å². The van der Waals surface area contributed by atoms with E-state index in [0.717, 1.165) is 18.5 Å². The summed E-state index contributed by atoms with van der Waals surface area (Å²) >= 11 is 3.47. The van der Waals surface area contributed by atoms with Gasteiger partial charge in [0.25, 0.3) is 0 Å². The fraction of sp³-hybridized carbons (Fsp3) is 1.00. The molecule has 0 aliphatic carbocycles. The van der Waals surface area contributed by atoms with Crippen LogP contribution < -0.4 is 0 Å². The third kappa shape index (κ3) is 4.76. The summed E-state index contributed by atoms with van der Waals surface area (Å²) in [6, 6.07) is 0. The van der Waals surface area contributed by atoms with Gasteiger partial charge in [-0.15, -0.1) is 0 Å². The Morgan fingerprint density at radius 1 is 1.43 bits per heavy atom. The minimum absolute atomic E-state index is 0.498. The van der Waals surface area contributed by atoms with Crippen molar-refractivity contribution in [3.8, 4) is 0 Å². The van der Waals surface area contributed by atoms with Gasteiger partial charge in [-0.2, -0.15) is 0 Å². The second kappa shape index (κ2) is 7.66. The van der Waals surface area contributed by atoms with E-state index >= 15 is 0 Å². The lowest BCUT2D eigenvalue weighted by Gasteiger charge is -2.32. The van der Waals surface area contributed by atoms with Gasteiger partial charge in [0.2, 0.25) is 0 Å². The number of hydrogen-bond acceptors (Lipinski definition) is 2. The van der Waals surface area contributed by atoms with Gasteiger partial charge >= 0.3 is 0 Å². The van der Waals surface area contributed by atoms with E-state index in [9.17, 15) is 0 Å². The maximum Gasteiger partial charge on any atom is 0.0702 e. The molecule has 0 aromatic carbocycles. The third-order valence-corrected chi connectivity index (χ3v) is 3.28. The molecule has 0 bridgehead atoms. The molecule has 1 heterocycles. The summed E-state index contributed by atoms with van der Waals surface area (Å²) < 4.78 is 5.67. The highest BCUT2D eigenvalue weighted by molar-refractivity contribution is 9.09. The predicted octanol–water partition coefficient (Wildman–Crippen LogP) is 2.66. The maximum atomic E-state index is 5.67. The number of rotatable bonds is 6. The van der Waals surface area contributed by atoms with Gasteiger partial charge in [-0.05, 0) is 45.7 Å². The molecule has 1 aliphatic rings. The van der Waals surface area contributed by atoms with Gasteiger partial charge < -0.3 is 9.64 Å². The molecule has 84 valence electrons. The van der Waals surface area contributed by atoms with Crippen molar-refractivity contribution in [3.63, 3.8) is 0 Å². The summed E-state index contributed by atoms with van der Waals surface area (Å²) in [4.78, 5) is 2.55. The Morgan fingerprint density at radius 3 is 3.00 bits per heavy atom. The average molecular weight is 264 g/mol. The number of alkyl halides is 1. The first-order valence-corrected chi connectivity index (χ1v) is 6.89. The molecule has 1 saturated heterocycles. The normalized spacial score (nSPS) is 24.0. The van der Waals surface area contributed by atoms with Gasteiger partial charge in [0.1, 0.15) is 0 Å². The van der Waals surface area contributed by atoms with Gasteiger partial charge in [0.15, 0.2) is 0 Å². The molecule has 14 heavy (non-hydrogen) atoms. The van der Waals surface area contributed by atoms with E-state index in [2.05, 4.69) is 27.8 Å². The van der Waals surface area contributed by atoms with Crippen molar-refractivity contribution >= 4 is 15.9 Å². The molecule has 1 rings (SSSR count). The Kier molecular flexibility index (Phi) is 6.82. The van der Waals surface area contributed by atoms with Crippen LogP contribution in [0.5, 0.6) is 0 Å². The zero-order chi connectivity index (χ0) is 10.2. The van der Waals surface area contributed by atoms with Crippen LogP contribution in [-0.4, -0.2) is 42.6 Å². The number of hydrogen-bond donors (Lipinski definition) is 0. The molecule has 2 nitrogen and oxygen atoms in total. The van der Waals surface area contributed by atoms with Crippen molar-refractivity contribution in [1.82, 2.24) is 4.90 Å². The summed E-state index contributed by atoms with van der Waals surface area (Å²) in [5.74, 6) is 0. The van der Waals surface area contributed by atoms with Gasteiger partial charge in [-0.1, -0.05) is 15.9 Å². The fourth-order valence-corrected chi connectivity index (χ4v) is 2.41. The Bertz CT molecular complexity index is 141. The largest absolute Gasteiger partial charge is 0.377 e. The second-order valence-corrected chi connectivity index (χ2v) is 4.71. The number of unbranched alkanes of at least 4 members (excludes halogenated alkanes) is 1. The van der Waals surface area contributed by atoms with Crippen molar-refractivity contribution in [2.24, 2.45) is 0 Å².